The zero-order chi connectivity index (χ0) is 24.2. The molecule has 2 aliphatic rings. The fourth-order valence-corrected chi connectivity index (χ4v) is 4.89. The van der Waals surface area contributed by atoms with E-state index in [0.29, 0.717) is 30.2 Å². The molecule has 9 heteroatoms. The first-order valence-corrected chi connectivity index (χ1v) is 12.7. The van der Waals surface area contributed by atoms with E-state index in [-0.39, 0.29) is 35.8 Å². The number of thiazole rings is 1. The summed E-state index contributed by atoms with van der Waals surface area (Å²) in [6, 6.07) is 5.40. The molecule has 0 spiro atoms. The molecule has 1 N–H and O–H groups in total. The van der Waals surface area contributed by atoms with Crippen LogP contribution in [0.3, 0.4) is 0 Å². The number of anilines is 1. The van der Waals surface area contributed by atoms with Crippen LogP contribution in [0, 0.1) is 11.8 Å². The lowest BCUT2D eigenvalue weighted by Gasteiger charge is -2.35. The Kier molecular flexibility index (Phi) is 7.85. The lowest BCUT2D eigenvalue weighted by Crippen LogP contribution is -2.46. The van der Waals surface area contributed by atoms with Gasteiger partial charge in [0.2, 0.25) is 5.91 Å². The molecule has 8 nitrogen and oxygen atoms in total. The first-order valence-electron chi connectivity index (χ1n) is 11.8. The summed E-state index contributed by atoms with van der Waals surface area (Å²) in [6.07, 6.45) is 3.55. The topological polar surface area (TPSA) is 84.0 Å². The van der Waals surface area contributed by atoms with Crippen LogP contribution in [0.2, 0.25) is 0 Å². The number of hydrogen-bond acceptors (Lipinski definition) is 7. The molecule has 1 aromatic heterocycles. The summed E-state index contributed by atoms with van der Waals surface area (Å²) in [5.74, 6) is 0.647. The third-order valence-corrected chi connectivity index (χ3v) is 7.38. The smallest absolute Gasteiger partial charge is 0.257 e. The largest absolute Gasteiger partial charge is 0.491 e. The lowest BCUT2D eigenvalue weighted by atomic mass is 10.0. The molecule has 1 saturated carbocycles. The number of likely N-dealkylation sites (N-methyl/N-ethyl adjacent to an activating group) is 1. The minimum atomic E-state index is -0.153. The number of methoxy groups -OCH3 is 1. The standard InChI is InChI=1S/C25H34N4O4S/c1-16-12-29(14-23-26-9-10-34-23)17(2)15-33-21-8-7-19(27-24(30)18-5-6-18)11-20(21)25(31)28(3)13-22(16)32-4/h7-11,16-18,22H,5-6,12-15H2,1-4H3,(H,27,30)/t16-,17+,22+/m1/s1. The normalized spacial score (nSPS) is 24.5. The highest BCUT2D eigenvalue weighted by Gasteiger charge is 2.31. The van der Waals surface area contributed by atoms with Gasteiger partial charge in [0.15, 0.2) is 0 Å². The molecular formula is C25H34N4O4S. The van der Waals surface area contributed by atoms with Gasteiger partial charge in [-0.15, -0.1) is 11.3 Å². The Morgan fingerprint density at radius 2 is 2.09 bits per heavy atom. The highest BCUT2D eigenvalue weighted by molar-refractivity contribution is 7.09. The SMILES string of the molecule is CO[C@H]1CN(C)C(=O)c2cc(NC(=O)C3CC3)ccc2OC[C@H](C)N(Cc2nccs2)C[C@H]1C. The first kappa shape index (κ1) is 24.6. The summed E-state index contributed by atoms with van der Waals surface area (Å²) in [5, 5.41) is 5.99. The number of rotatable bonds is 5. The van der Waals surface area contributed by atoms with E-state index >= 15 is 0 Å². The summed E-state index contributed by atoms with van der Waals surface area (Å²) in [4.78, 5) is 34.2. The third-order valence-electron chi connectivity index (χ3n) is 6.61. The van der Waals surface area contributed by atoms with Crippen molar-refractivity contribution in [1.82, 2.24) is 14.8 Å². The van der Waals surface area contributed by atoms with Crippen LogP contribution in [0.25, 0.3) is 0 Å². The number of carbonyl (C=O) groups is 2. The molecule has 0 saturated heterocycles. The predicted octanol–water partition coefficient (Wildman–Crippen LogP) is 3.50. The number of nitrogens with one attached hydrogen (secondary N) is 1. The molecule has 2 aromatic rings. The van der Waals surface area contributed by atoms with Gasteiger partial charge in [-0.25, -0.2) is 4.98 Å². The molecule has 1 fully saturated rings. The zero-order valence-electron chi connectivity index (χ0n) is 20.3. The van der Waals surface area contributed by atoms with Gasteiger partial charge in [0.25, 0.3) is 5.91 Å². The van der Waals surface area contributed by atoms with Crippen molar-refractivity contribution in [3.63, 3.8) is 0 Å². The van der Waals surface area contributed by atoms with Crippen molar-refractivity contribution in [3.05, 3.63) is 40.3 Å². The number of benzene rings is 1. The minimum absolute atomic E-state index is 0.00884. The van der Waals surface area contributed by atoms with Crippen LogP contribution in [-0.4, -0.2) is 72.6 Å². The maximum atomic E-state index is 13.4. The summed E-state index contributed by atoms with van der Waals surface area (Å²) in [7, 11) is 3.48. The van der Waals surface area contributed by atoms with E-state index in [9.17, 15) is 9.59 Å². The van der Waals surface area contributed by atoms with Gasteiger partial charge in [0.05, 0.1) is 18.2 Å². The Hall–Kier alpha value is -2.49. The number of amides is 2. The van der Waals surface area contributed by atoms with Gasteiger partial charge in [0.1, 0.15) is 17.4 Å². The molecule has 0 bridgehead atoms. The highest BCUT2D eigenvalue weighted by Crippen LogP contribution is 2.31. The molecule has 1 aliphatic carbocycles. The molecule has 184 valence electrons. The second-order valence-corrected chi connectivity index (χ2v) is 10.4. The van der Waals surface area contributed by atoms with E-state index in [1.54, 1.807) is 48.6 Å². The average Bonchev–Trinajstić information content (AvgIpc) is 3.56. The quantitative estimate of drug-likeness (QED) is 0.697. The molecule has 34 heavy (non-hydrogen) atoms. The van der Waals surface area contributed by atoms with Crippen molar-refractivity contribution in [2.75, 3.05) is 39.2 Å². The molecule has 2 amide bonds. The zero-order valence-corrected chi connectivity index (χ0v) is 21.1. The van der Waals surface area contributed by atoms with Crippen molar-refractivity contribution < 1.29 is 19.1 Å². The molecule has 0 radical (unpaired) electrons. The Balaban J connectivity index is 1.61. The van der Waals surface area contributed by atoms with Crippen LogP contribution in [0.4, 0.5) is 5.69 Å². The molecule has 1 aromatic carbocycles. The van der Waals surface area contributed by atoms with E-state index in [0.717, 1.165) is 30.9 Å². The molecule has 4 rings (SSSR count). The van der Waals surface area contributed by atoms with Crippen LogP contribution in [-0.2, 0) is 16.1 Å². The van der Waals surface area contributed by atoms with Crippen molar-refractivity contribution in [2.24, 2.45) is 11.8 Å². The first-order chi connectivity index (χ1) is 16.4. The van der Waals surface area contributed by atoms with E-state index in [4.69, 9.17) is 9.47 Å². The van der Waals surface area contributed by atoms with Crippen molar-refractivity contribution in [3.8, 4) is 5.75 Å². The number of hydrogen-bond donors (Lipinski definition) is 1. The number of fused-ring (bicyclic) bond motifs is 1. The second kappa shape index (κ2) is 10.8. The van der Waals surface area contributed by atoms with Crippen molar-refractivity contribution in [1.29, 1.82) is 0 Å². The van der Waals surface area contributed by atoms with Gasteiger partial charge >= 0.3 is 0 Å². The fourth-order valence-electron chi connectivity index (χ4n) is 4.24. The van der Waals surface area contributed by atoms with Gasteiger partial charge in [-0.3, -0.25) is 14.5 Å². The number of carbonyl (C=O) groups excluding carboxylic acids is 2. The fraction of sp³-hybridized carbons (Fsp3) is 0.560. The van der Waals surface area contributed by atoms with E-state index in [1.807, 2.05) is 11.6 Å². The van der Waals surface area contributed by atoms with E-state index < -0.39 is 0 Å². The summed E-state index contributed by atoms with van der Waals surface area (Å²) >= 11 is 1.64. The molecule has 2 heterocycles. The van der Waals surface area contributed by atoms with Crippen LogP contribution in [0.15, 0.2) is 29.8 Å². The van der Waals surface area contributed by atoms with Gasteiger partial charge in [0, 0.05) is 56.5 Å². The van der Waals surface area contributed by atoms with Gasteiger partial charge in [-0.05, 0) is 43.9 Å². The average molecular weight is 487 g/mol. The third kappa shape index (κ3) is 5.95. The van der Waals surface area contributed by atoms with E-state index in [1.165, 1.54) is 0 Å². The summed E-state index contributed by atoms with van der Waals surface area (Å²) in [6.45, 7) is 6.69. The predicted molar refractivity (Wildman–Crippen MR) is 132 cm³/mol. The molecular weight excluding hydrogens is 452 g/mol. The van der Waals surface area contributed by atoms with Gasteiger partial charge in [-0.2, -0.15) is 0 Å². The number of ether oxygens (including phenoxy) is 2. The summed E-state index contributed by atoms with van der Waals surface area (Å²) in [5.41, 5.74) is 1.06. The Labute approximate surface area is 205 Å². The second-order valence-electron chi connectivity index (χ2n) is 9.43. The highest BCUT2D eigenvalue weighted by atomic mass is 32.1. The van der Waals surface area contributed by atoms with Crippen molar-refractivity contribution >= 4 is 28.8 Å². The molecule has 0 unspecified atom stereocenters. The maximum Gasteiger partial charge on any atom is 0.257 e. The van der Waals surface area contributed by atoms with E-state index in [2.05, 4.69) is 29.0 Å². The monoisotopic (exact) mass is 486 g/mol. The Morgan fingerprint density at radius 1 is 1.29 bits per heavy atom. The molecule has 1 aliphatic heterocycles. The van der Waals surface area contributed by atoms with Crippen LogP contribution < -0.4 is 10.1 Å². The summed E-state index contributed by atoms with van der Waals surface area (Å²) < 4.78 is 12.0. The maximum absolute atomic E-state index is 13.4. The number of nitrogens with zero attached hydrogens (tertiary/aromatic N) is 3. The molecule has 3 atom stereocenters. The van der Waals surface area contributed by atoms with Gasteiger partial charge < -0.3 is 19.7 Å². The van der Waals surface area contributed by atoms with Crippen LogP contribution in [0.1, 0.15) is 42.1 Å². The lowest BCUT2D eigenvalue weighted by molar-refractivity contribution is -0.117. The van der Waals surface area contributed by atoms with Gasteiger partial charge in [-0.1, -0.05) is 6.92 Å². The van der Waals surface area contributed by atoms with Crippen LogP contribution >= 0.6 is 11.3 Å². The minimum Gasteiger partial charge on any atom is -0.491 e. The Morgan fingerprint density at radius 3 is 2.76 bits per heavy atom. The Bertz CT molecular complexity index is 995. The van der Waals surface area contributed by atoms with Crippen molar-refractivity contribution in [2.45, 2.75) is 45.4 Å². The number of aromatic nitrogens is 1. The van der Waals surface area contributed by atoms with Crippen LogP contribution in [0.5, 0.6) is 5.75 Å².